The maximum absolute atomic E-state index is 13.8. The Morgan fingerprint density at radius 1 is 1.33 bits per heavy atom. The molecule has 0 bridgehead atoms. The number of hydrogen-bond acceptors (Lipinski definition) is 1. The van der Waals surface area contributed by atoms with Gasteiger partial charge in [-0.25, -0.2) is 13.0 Å². The molecule has 0 radical (unpaired) electrons. The predicted octanol–water partition coefficient (Wildman–Crippen LogP) is 4.00. The summed E-state index contributed by atoms with van der Waals surface area (Å²) in [5.41, 5.74) is -0.165. The molecule has 0 amide bonds. The number of hydrogen-bond donors (Lipinski definition) is 0. The molecule has 1 rings (SSSR count). The molecular weight excluding hydrogens is 324 g/mol. The van der Waals surface area contributed by atoms with Crippen LogP contribution in [0.5, 0.6) is 0 Å². The van der Waals surface area contributed by atoms with Crippen molar-refractivity contribution in [2.24, 2.45) is 4.40 Å². The van der Waals surface area contributed by atoms with Gasteiger partial charge >= 0.3 is 0 Å². The lowest BCUT2D eigenvalue weighted by atomic mass is 10.1. The van der Waals surface area contributed by atoms with E-state index in [1.165, 1.54) is 13.0 Å². The molecule has 0 saturated carbocycles. The zero-order valence-electron chi connectivity index (χ0n) is 10.6. The fraction of sp³-hybridized carbons (Fsp3) is 0.417. The van der Waals surface area contributed by atoms with Crippen LogP contribution in [-0.4, -0.2) is 14.7 Å². The molecule has 0 heterocycles. The molecule has 0 aliphatic heterocycles. The van der Waals surface area contributed by atoms with Gasteiger partial charge in [0.05, 0.1) is 20.5 Å². The van der Waals surface area contributed by atoms with Crippen molar-refractivity contribution in [1.82, 2.24) is 0 Å². The van der Waals surface area contributed by atoms with Gasteiger partial charge < -0.3 is 0 Å². The Kier molecular flexibility index (Phi) is 4.78. The fourth-order valence-corrected chi connectivity index (χ4v) is 2.11. The van der Waals surface area contributed by atoms with Crippen molar-refractivity contribution in [3.8, 4) is 0 Å². The molecular formula is C12H14BrF2NOS. The van der Waals surface area contributed by atoms with Gasteiger partial charge in [-0.1, -0.05) is 0 Å². The molecule has 0 spiro atoms. The van der Waals surface area contributed by atoms with Crippen molar-refractivity contribution in [2.75, 3.05) is 0 Å². The van der Waals surface area contributed by atoms with Crippen LogP contribution < -0.4 is 0 Å². The number of rotatable bonds is 2. The molecule has 1 atom stereocenters. The molecule has 18 heavy (non-hydrogen) atoms. The van der Waals surface area contributed by atoms with E-state index >= 15 is 0 Å². The topological polar surface area (TPSA) is 29.4 Å². The number of benzene rings is 1. The standard InChI is InChI=1S/C12H14BrF2NOS/c1-7(16-18(17)12(2,3)4)10-9(14)6-5-8(13)11(10)15/h5-6H,1-4H3/b16-7+. The Balaban J connectivity index is 3.28. The Morgan fingerprint density at radius 2 is 1.89 bits per heavy atom. The summed E-state index contributed by atoms with van der Waals surface area (Å²) < 4.78 is 42.7. The van der Waals surface area contributed by atoms with Crippen molar-refractivity contribution in [1.29, 1.82) is 0 Å². The predicted molar refractivity (Wildman–Crippen MR) is 74.2 cm³/mol. The largest absolute Gasteiger partial charge is 0.234 e. The van der Waals surface area contributed by atoms with Crippen molar-refractivity contribution >= 4 is 32.6 Å². The van der Waals surface area contributed by atoms with Gasteiger partial charge in [0.2, 0.25) is 0 Å². The summed E-state index contributed by atoms with van der Waals surface area (Å²) >= 11 is 2.98. The summed E-state index contributed by atoms with van der Waals surface area (Å²) in [7, 11) is -1.55. The first kappa shape index (κ1) is 15.4. The highest BCUT2D eigenvalue weighted by Crippen LogP contribution is 2.23. The molecule has 100 valence electrons. The van der Waals surface area contributed by atoms with Gasteiger partial charge in [0.1, 0.15) is 22.6 Å². The van der Waals surface area contributed by atoms with Crippen LogP contribution in [0.2, 0.25) is 0 Å². The Hall–Kier alpha value is -0.620. The molecule has 6 heteroatoms. The van der Waals surface area contributed by atoms with Gasteiger partial charge in [-0.15, -0.1) is 0 Å². The van der Waals surface area contributed by atoms with Crippen LogP contribution >= 0.6 is 15.9 Å². The first-order valence-electron chi connectivity index (χ1n) is 5.25. The molecule has 1 aromatic carbocycles. The lowest BCUT2D eigenvalue weighted by molar-refractivity contribution is 0.574. The second-order valence-corrected chi connectivity index (χ2v) is 7.52. The second-order valence-electron chi connectivity index (χ2n) is 4.76. The van der Waals surface area contributed by atoms with E-state index in [4.69, 9.17) is 0 Å². The number of nitrogens with zero attached hydrogens (tertiary/aromatic N) is 1. The average molecular weight is 338 g/mol. The van der Waals surface area contributed by atoms with Gasteiger partial charge in [-0.3, -0.25) is 0 Å². The molecule has 0 aliphatic rings. The lowest BCUT2D eigenvalue weighted by Crippen LogP contribution is -2.21. The second kappa shape index (κ2) is 5.57. The van der Waals surface area contributed by atoms with Crippen molar-refractivity contribution in [3.63, 3.8) is 0 Å². The van der Waals surface area contributed by atoms with Gasteiger partial charge in [0, 0.05) is 0 Å². The van der Waals surface area contributed by atoms with E-state index in [-0.39, 0.29) is 15.7 Å². The lowest BCUT2D eigenvalue weighted by Gasteiger charge is -2.14. The zero-order chi connectivity index (χ0) is 14.1. The summed E-state index contributed by atoms with van der Waals surface area (Å²) in [6.45, 7) is 6.67. The average Bonchev–Trinajstić information content (AvgIpc) is 2.22. The van der Waals surface area contributed by atoms with Crippen LogP contribution in [0.25, 0.3) is 0 Å². The first-order valence-corrected chi connectivity index (χ1v) is 7.15. The highest BCUT2D eigenvalue weighted by atomic mass is 79.9. The molecule has 0 saturated heterocycles. The zero-order valence-corrected chi connectivity index (χ0v) is 13.0. The molecule has 0 aliphatic carbocycles. The maximum atomic E-state index is 13.8. The van der Waals surface area contributed by atoms with E-state index in [2.05, 4.69) is 20.3 Å². The quantitative estimate of drug-likeness (QED) is 0.592. The van der Waals surface area contributed by atoms with Crippen LogP contribution in [0.3, 0.4) is 0 Å². The summed E-state index contributed by atoms with van der Waals surface area (Å²) in [6, 6.07) is 2.42. The third kappa shape index (κ3) is 3.45. The Morgan fingerprint density at radius 3 is 2.39 bits per heavy atom. The van der Waals surface area contributed by atoms with E-state index in [1.807, 2.05) is 0 Å². The van der Waals surface area contributed by atoms with E-state index in [0.29, 0.717) is 0 Å². The van der Waals surface area contributed by atoms with Crippen LogP contribution in [-0.2, 0) is 11.0 Å². The normalized spacial score (nSPS) is 14.7. The van der Waals surface area contributed by atoms with Crippen LogP contribution in [0, 0.1) is 11.6 Å². The van der Waals surface area contributed by atoms with E-state index in [1.54, 1.807) is 20.8 Å². The third-order valence-corrected chi connectivity index (χ3v) is 4.25. The smallest absolute Gasteiger partial charge is 0.149 e. The van der Waals surface area contributed by atoms with Crippen molar-refractivity contribution in [3.05, 3.63) is 33.8 Å². The molecule has 1 aromatic rings. The minimum absolute atomic E-state index is 0.0829. The highest BCUT2D eigenvalue weighted by molar-refractivity contribution is 9.10. The SMILES string of the molecule is C/C(=N\S(=O)C(C)(C)C)c1c(F)ccc(Br)c1F. The maximum Gasteiger partial charge on any atom is 0.149 e. The molecule has 2 nitrogen and oxygen atoms in total. The van der Waals surface area contributed by atoms with Gasteiger partial charge in [-0.2, -0.15) is 4.40 Å². The Labute approximate surface area is 116 Å². The van der Waals surface area contributed by atoms with Crippen LogP contribution in [0.1, 0.15) is 33.3 Å². The number of halogens is 3. The van der Waals surface area contributed by atoms with Crippen LogP contribution in [0.15, 0.2) is 21.0 Å². The fourth-order valence-electron chi connectivity index (χ4n) is 1.17. The summed E-state index contributed by atoms with van der Waals surface area (Å²) in [6.07, 6.45) is 0. The van der Waals surface area contributed by atoms with E-state index in [0.717, 1.165) is 6.07 Å². The summed E-state index contributed by atoms with van der Waals surface area (Å²) in [5.74, 6) is -1.45. The van der Waals surface area contributed by atoms with Gasteiger partial charge in [-0.05, 0) is 55.8 Å². The Bertz CT molecular complexity index is 524. The molecule has 0 fully saturated rings. The van der Waals surface area contributed by atoms with Gasteiger partial charge in [0.15, 0.2) is 0 Å². The first-order chi connectivity index (χ1) is 8.14. The van der Waals surface area contributed by atoms with E-state index < -0.39 is 27.4 Å². The highest BCUT2D eigenvalue weighted by Gasteiger charge is 2.21. The van der Waals surface area contributed by atoms with Crippen molar-refractivity contribution < 1.29 is 13.0 Å². The molecule has 0 aromatic heterocycles. The summed E-state index contributed by atoms with van der Waals surface area (Å²) in [5, 5.41) is 0. The molecule has 0 N–H and O–H groups in total. The minimum Gasteiger partial charge on any atom is -0.234 e. The summed E-state index contributed by atoms with van der Waals surface area (Å²) in [4.78, 5) is 0. The van der Waals surface area contributed by atoms with Gasteiger partial charge in [0.25, 0.3) is 0 Å². The minimum atomic E-state index is -1.55. The van der Waals surface area contributed by atoms with E-state index in [9.17, 15) is 13.0 Å². The van der Waals surface area contributed by atoms with Crippen LogP contribution in [0.4, 0.5) is 8.78 Å². The van der Waals surface area contributed by atoms with Crippen molar-refractivity contribution in [2.45, 2.75) is 32.4 Å². The molecule has 1 unspecified atom stereocenters. The monoisotopic (exact) mass is 337 g/mol. The third-order valence-electron chi connectivity index (χ3n) is 2.15.